The molecule has 0 atom stereocenters. The predicted octanol–water partition coefficient (Wildman–Crippen LogP) is 4.38. The maximum absolute atomic E-state index is 12.8. The number of likely N-dealkylation sites (tertiary alicyclic amines) is 1. The Labute approximate surface area is 190 Å². The lowest BCUT2D eigenvalue weighted by atomic mass is 10.0. The van der Waals surface area contributed by atoms with Gasteiger partial charge >= 0.3 is 5.97 Å². The van der Waals surface area contributed by atoms with Gasteiger partial charge in [0.2, 0.25) is 5.91 Å². The third-order valence-electron chi connectivity index (χ3n) is 5.56. The first-order chi connectivity index (χ1) is 15.0. The van der Waals surface area contributed by atoms with E-state index in [0.717, 1.165) is 29.1 Å². The van der Waals surface area contributed by atoms with E-state index in [9.17, 15) is 9.59 Å². The molecule has 1 amide bonds. The molecule has 3 aromatic rings. The van der Waals surface area contributed by atoms with E-state index in [4.69, 9.17) is 16.3 Å². The summed E-state index contributed by atoms with van der Waals surface area (Å²) in [5, 5.41) is 3.66. The van der Waals surface area contributed by atoms with Crippen molar-refractivity contribution in [1.82, 2.24) is 14.5 Å². The summed E-state index contributed by atoms with van der Waals surface area (Å²) >= 11 is 7.63. The lowest BCUT2D eigenvalue weighted by Crippen LogP contribution is -2.40. The molecular weight excluding hydrogens is 434 g/mol. The van der Waals surface area contributed by atoms with Crippen LogP contribution < -0.4 is 0 Å². The van der Waals surface area contributed by atoms with Gasteiger partial charge in [-0.05, 0) is 42.7 Å². The smallest absolute Gasteiger partial charge is 0.354 e. The monoisotopic (exact) mass is 457 g/mol. The number of methoxy groups -OCH3 is 1. The quantitative estimate of drug-likeness (QED) is 0.515. The highest BCUT2D eigenvalue weighted by Crippen LogP contribution is 2.26. The topological polar surface area (TPSA) is 64.4 Å². The molecule has 0 saturated carbocycles. The Morgan fingerprint density at radius 3 is 2.77 bits per heavy atom. The van der Waals surface area contributed by atoms with Crippen molar-refractivity contribution in [3.63, 3.8) is 0 Å². The summed E-state index contributed by atoms with van der Waals surface area (Å²) in [6, 6.07) is 11.6. The number of rotatable bonds is 6. The van der Waals surface area contributed by atoms with Gasteiger partial charge in [-0.25, -0.2) is 9.78 Å². The fraction of sp³-hybridized carbons (Fsp3) is 0.348. The van der Waals surface area contributed by atoms with Gasteiger partial charge in [0.1, 0.15) is 5.69 Å². The van der Waals surface area contributed by atoms with Crippen LogP contribution in [0.2, 0.25) is 5.02 Å². The van der Waals surface area contributed by atoms with Gasteiger partial charge in [-0.15, -0.1) is 11.3 Å². The molecule has 1 saturated heterocycles. The number of carbonyl (C=O) groups is 2. The lowest BCUT2D eigenvalue weighted by Gasteiger charge is -2.33. The number of halogens is 1. The molecule has 2 aromatic heterocycles. The van der Waals surface area contributed by atoms with Crippen LogP contribution in [0.3, 0.4) is 0 Å². The number of esters is 1. The van der Waals surface area contributed by atoms with Crippen LogP contribution in [0.25, 0.3) is 0 Å². The first kappa shape index (κ1) is 21.6. The molecule has 3 heterocycles. The Bertz CT molecular complexity index is 1070. The maximum Gasteiger partial charge on any atom is 0.354 e. The Kier molecular flexibility index (Phi) is 6.73. The minimum Gasteiger partial charge on any atom is -0.464 e. The number of ether oxygens (including phenoxy) is 1. The third kappa shape index (κ3) is 5.17. The van der Waals surface area contributed by atoms with Crippen molar-refractivity contribution in [2.45, 2.75) is 31.7 Å². The second-order valence-electron chi connectivity index (χ2n) is 7.62. The average Bonchev–Trinajstić information content (AvgIpc) is 3.43. The van der Waals surface area contributed by atoms with Crippen LogP contribution in [0.1, 0.15) is 45.6 Å². The van der Waals surface area contributed by atoms with Crippen molar-refractivity contribution in [3.05, 3.63) is 75.0 Å². The molecule has 6 nitrogen and oxygen atoms in total. The lowest BCUT2D eigenvalue weighted by molar-refractivity contribution is -0.131. The van der Waals surface area contributed by atoms with E-state index in [1.54, 1.807) is 17.4 Å². The second-order valence-corrected chi connectivity index (χ2v) is 9.00. The van der Waals surface area contributed by atoms with Crippen molar-refractivity contribution >= 4 is 34.8 Å². The van der Waals surface area contributed by atoms with Crippen LogP contribution >= 0.6 is 22.9 Å². The zero-order valence-electron chi connectivity index (χ0n) is 17.3. The molecule has 4 rings (SSSR count). The summed E-state index contributed by atoms with van der Waals surface area (Å²) in [6.07, 6.45) is 4.55. The zero-order chi connectivity index (χ0) is 21.8. The van der Waals surface area contributed by atoms with Crippen molar-refractivity contribution in [2.75, 3.05) is 20.2 Å². The minimum absolute atomic E-state index is 0.0961. The molecule has 1 fully saturated rings. The molecule has 162 valence electrons. The Balaban J connectivity index is 1.31. The standard InChI is InChI=1S/C23H24ClN3O3S/c1-30-23(29)20-6-3-9-27(20)19-7-10-26(11-8-19)22(28)14-18-15-31-21(25-18)13-16-4-2-5-17(24)12-16/h2-6,9,12,15,19H,7-8,10-11,13-14H2,1H3. The SMILES string of the molecule is COC(=O)c1cccn1C1CCN(C(=O)Cc2csc(Cc3cccc(Cl)c3)n2)CC1. The molecule has 1 aliphatic rings. The van der Waals surface area contributed by atoms with Gasteiger partial charge in [0.05, 0.1) is 24.2 Å². The van der Waals surface area contributed by atoms with Gasteiger partial charge in [-0.2, -0.15) is 0 Å². The van der Waals surface area contributed by atoms with Gasteiger partial charge in [0, 0.05) is 42.2 Å². The molecule has 1 aromatic carbocycles. The van der Waals surface area contributed by atoms with Crippen molar-refractivity contribution in [2.24, 2.45) is 0 Å². The number of aromatic nitrogens is 2. The van der Waals surface area contributed by atoms with Crippen molar-refractivity contribution in [1.29, 1.82) is 0 Å². The molecule has 0 bridgehead atoms. The number of carbonyl (C=O) groups excluding carboxylic acids is 2. The van der Waals surface area contributed by atoms with Gasteiger partial charge in [0.15, 0.2) is 0 Å². The Morgan fingerprint density at radius 1 is 1.23 bits per heavy atom. The van der Waals surface area contributed by atoms with Crippen LogP contribution in [-0.4, -0.2) is 46.5 Å². The molecule has 8 heteroatoms. The number of hydrogen-bond acceptors (Lipinski definition) is 5. The normalized spacial score (nSPS) is 14.6. The summed E-state index contributed by atoms with van der Waals surface area (Å²) in [7, 11) is 1.39. The number of hydrogen-bond donors (Lipinski definition) is 0. The molecule has 0 aliphatic carbocycles. The predicted molar refractivity (Wildman–Crippen MR) is 121 cm³/mol. The summed E-state index contributed by atoms with van der Waals surface area (Å²) in [6.45, 7) is 1.34. The zero-order valence-corrected chi connectivity index (χ0v) is 18.9. The summed E-state index contributed by atoms with van der Waals surface area (Å²) < 4.78 is 6.83. The molecule has 31 heavy (non-hydrogen) atoms. The molecule has 0 unspecified atom stereocenters. The fourth-order valence-electron chi connectivity index (χ4n) is 3.98. The van der Waals surface area contributed by atoms with Crippen LogP contribution in [0.5, 0.6) is 0 Å². The van der Waals surface area contributed by atoms with Gasteiger partial charge in [-0.3, -0.25) is 4.79 Å². The maximum atomic E-state index is 12.8. The fourth-order valence-corrected chi connectivity index (χ4v) is 5.02. The third-order valence-corrected chi connectivity index (χ3v) is 6.69. The van der Waals surface area contributed by atoms with Gasteiger partial charge < -0.3 is 14.2 Å². The number of benzene rings is 1. The molecule has 0 radical (unpaired) electrons. The number of piperidine rings is 1. The van der Waals surface area contributed by atoms with Crippen molar-refractivity contribution in [3.8, 4) is 0 Å². The minimum atomic E-state index is -0.333. The number of nitrogens with zero attached hydrogens (tertiary/aromatic N) is 3. The van der Waals surface area contributed by atoms with E-state index < -0.39 is 0 Å². The van der Waals surface area contributed by atoms with E-state index in [-0.39, 0.29) is 17.9 Å². The number of thiazole rings is 1. The highest BCUT2D eigenvalue weighted by Gasteiger charge is 2.26. The summed E-state index contributed by atoms with van der Waals surface area (Å²) in [5.41, 5.74) is 2.48. The van der Waals surface area contributed by atoms with Crippen molar-refractivity contribution < 1.29 is 14.3 Å². The van der Waals surface area contributed by atoms with E-state index >= 15 is 0 Å². The first-order valence-electron chi connectivity index (χ1n) is 10.2. The molecule has 1 aliphatic heterocycles. The highest BCUT2D eigenvalue weighted by molar-refractivity contribution is 7.09. The van der Waals surface area contributed by atoms with Gasteiger partial charge in [-0.1, -0.05) is 23.7 Å². The number of amides is 1. The summed E-state index contributed by atoms with van der Waals surface area (Å²) in [5.74, 6) is -0.237. The van der Waals surface area contributed by atoms with E-state index in [1.165, 1.54) is 7.11 Å². The Morgan fingerprint density at radius 2 is 2.03 bits per heavy atom. The Hall–Kier alpha value is -2.64. The van der Waals surface area contributed by atoms with E-state index in [2.05, 4.69) is 4.98 Å². The van der Waals surface area contributed by atoms with Crippen LogP contribution in [0.4, 0.5) is 0 Å². The van der Waals surface area contributed by atoms with Crippen LogP contribution in [0.15, 0.2) is 48.0 Å². The van der Waals surface area contributed by atoms with E-state index in [0.29, 0.717) is 36.6 Å². The van der Waals surface area contributed by atoms with Crippen LogP contribution in [0, 0.1) is 0 Å². The highest BCUT2D eigenvalue weighted by atomic mass is 35.5. The van der Waals surface area contributed by atoms with Gasteiger partial charge in [0.25, 0.3) is 0 Å². The van der Waals surface area contributed by atoms with E-state index in [1.807, 2.05) is 51.4 Å². The molecular formula is C23H24ClN3O3S. The van der Waals surface area contributed by atoms with Crippen LogP contribution in [-0.2, 0) is 22.4 Å². The second kappa shape index (κ2) is 9.66. The molecule has 0 N–H and O–H groups in total. The largest absolute Gasteiger partial charge is 0.464 e. The first-order valence-corrected chi connectivity index (χ1v) is 11.5. The average molecular weight is 458 g/mol. The molecule has 0 spiro atoms. The summed E-state index contributed by atoms with van der Waals surface area (Å²) in [4.78, 5) is 31.2.